The van der Waals surface area contributed by atoms with Crippen LogP contribution in [0.4, 0.5) is 16.2 Å². The molecule has 0 spiro atoms. The summed E-state index contributed by atoms with van der Waals surface area (Å²) in [6.07, 6.45) is 2.52. The lowest BCUT2D eigenvalue weighted by molar-refractivity contribution is 0.255. The standard InChI is InChI=1S/C14H20N4O/c15-14(19)17-12-3-1-11(2-4-12)16-13-6-8-18-7-5-10(13)9-18/h1-4,10,13,16H,5-9H2,(H3,15,17,19). The molecule has 3 rings (SSSR count). The molecule has 2 fully saturated rings. The van der Waals surface area contributed by atoms with Crippen LogP contribution in [0.15, 0.2) is 24.3 Å². The highest BCUT2D eigenvalue weighted by molar-refractivity contribution is 5.87. The van der Waals surface area contributed by atoms with E-state index in [1.54, 1.807) is 0 Å². The summed E-state index contributed by atoms with van der Waals surface area (Å²) < 4.78 is 0. The second-order valence-corrected chi connectivity index (χ2v) is 5.46. The summed E-state index contributed by atoms with van der Waals surface area (Å²) in [5, 5.41) is 6.19. The predicted molar refractivity (Wildman–Crippen MR) is 76.2 cm³/mol. The maximum Gasteiger partial charge on any atom is 0.316 e. The number of amides is 2. The Hall–Kier alpha value is -1.75. The molecule has 3 unspecified atom stereocenters. The van der Waals surface area contributed by atoms with E-state index in [1.165, 1.54) is 32.5 Å². The number of nitrogens with zero attached hydrogens (tertiary/aromatic N) is 1. The molecule has 2 aliphatic heterocycles. The lowest BCUT2D eigenvalue weighted by atomic mass is 9.94. The molecule has 5 heteroatoms. The number of piperidine rings is 1. The van der Waals surface area contributed by atoms with Gasteiger partial charge in [0.15, 0.2) is 0 Å². The van der Waals surface area contributed by atoms with Gasteiger partial charge in [0.1, 0.15) is 0 Å². The molecule has 1 aromatic carbocycles. The van der Waals surface area contributed by atoms with Crippen LogP contribution in [0.3, 0.4) is 0 Å². The van der Waals surface area contributed by atoms with E-state index in [2.05, 4.69) is 15.5 Å². The van der Waals surface area contributed by atoms with Crippen LogP contribution in [0.25, 0.3) is 0 Å². The number of rotatable bonds is 3. The Morgan fingerprint density at radius 2 is 1.84 bits per heavy atom. The first-order valence-corrected chi connectivity index (χ1v) is 6.86. The third kappa shape index (κ3) is 2.81. The molecule has 0 radical (unpaired) electrons. The number of carbonyl (C=O) groups excluding carboxylic acids is 1. The van der Waals surface area contributed by atoms with E-state index in [-0.39, 0.29) is 0 Å². The summed E-state index contributed by atoms with van der Waals surface area (Å²) in [4.78, 5) is 13.3. The van der Waals surface area contributed by atoms with Gasteiger partial charge in [-0.1, -0.05) is 0 Å². The monoisotopic (exact) mass is 260 g/mol. The molecule has 2 saturated heterocycles. The topological polar surface area (TPSA) is 70.4 Å². The van der Waals surface area contributed by atoms with Crippen LogP contribution in [-0.2, 0) is 0 Å². The maximum atomic E-state index is 10.7. The van der Waals surface area contributed by atoms with Crippen molar-refractivity contribution in [3.63, 3.8) is 0 Å². The first-order valence-electron chi connectivity index (χ1n) is 6.86. The van der Waals surface area contributed by atoms with Crippen LogP contribution in [-0.4, -0.2) is 36.6 Å². The molecular weight excluding hydrogens is 240 g/mol. The van der Waals surface area contributed by atoms with E-state index >= 15 is 0 Å². The van der Waals surface area contributed by atoms with Gasteiger partial charge in [0.25, 0.3) is 0 Å². The SMILES string of the molecule is NC(=O)Nc1ccc(NC2CCN3CCC2C3)cc1. The maximum absolute atomic E-state index is 10.7. The van der Waals surface area contributed by atoms with Gasteiger partial charge in [-0.05, 0) is 49.6 Å². The summed E-state index contributed by atoms with van der Waals surface area (Å²) >= 11 is 0. The Morgan fingerprint density at radius 1 is 1.16 bits per heavy atom. The van der Waals surface area contributed by atoms with Crippen molar-refractivity contribution in [1.82, 2.24) is 4.90 Å². The fraction of sp³-hybridized carbons (Fsp3) is 0.500. The smallest absolute Gasteiger partial charge is 0.316 e. The van der Waals surface area contributed by atoms with E-state index in [0.29, 0.717) is 6.04 Å². The zero-order valence-electron chi connectivity index (χ0n) is 10.9. The molecule has 19 heavy (non-hydrogen) atoms. The van der Waals surface area contributed by atoms with Gasteiger partial charge in [0.2, 0.25) is 0 Å². The highest BCUT2D eigenvalue weighted by atomic mass is 16.2. The number of hydrogen-bond acceptors (Lipinski definition) is 3. The molecule has 0 aromatic heterocycles. The molecule has 3 atom stereocenters. The lowest BCUT2D eigenvalue weighted by Crippen LogP contribution is -2.39. The Balaban J connectivity index is 1.61. The minimum Gasteiger partial charge on any atom is -0.382 e. The number of carbonyl (C=O) groups is 1. The van der Waals surface area contributed by atoms with E-state index in [0.717, 1.165) is 17.3 Å². The second kappa shape index (κ2) is 5.09. The molecule has 2 aliphatic rings. The second-order valence-electron chi connectivity index (χ2n) is 5.46. The lowest BCUT2D eigenvalue weighted by Gasteiger charge is -2.31. The van der Waals surface area contributed by atoms with Crippen LogP contribution in [0.5, 0.6) is 0 Å². The number of benzene rings is 1. The van der Waals surface area contributed by atoms with Gasteiger partial charge in [-0.3, -0.25) is 0 Å². The zero-order chi connectivity index (χ0) is 13.2. The van der Waals surface area contributed by atoms with E-state index in [9.17, 15) is 4.79 Å². The van der Waals surface area contributed by atoms with Crippen molar-refractivity contribution >= 4 is 17.4 Å². The molecular formula is C14H20N4O. The Kier molecular flexibility index (Phi) is 3.29. The average Bonchev–Trinajstić information content (AvgIpc) is 2.77. The fourth-order valence-corrected chi connectivity index (χ4v) is 3.15. The van der Waals surface area contributed by atoms with Gasteiger partial charge >= 0.3 is 6.03 Å². The number of urea groups is 1. The Morgan fingerprint density at radius 3 is 2.58 bits per heavy atom. The van der Waals surface area contributed by atoms with Crippen molar-refractivity contribution in [3.8, 4) is 0 Å². The largest absolute Gasteiger partial charge is 0.382 e. The Bertz CT molecular complexity index is 459. The van der Waals surface area contributed by atoms with E-state index in [1.807, 2.05) is 24.3 Å². The van der Waals surface area contributed by atoms with Crippen molar-refractivity contribution in [2.75, 3.05) is 30.3 Å². The molecule has 2 bridgehead atoms. The molecule has 5 nitrogen and oxygen atoms in total. The highest BCUT2D eigenvalue weighted by Gasteiger charge is 2.33. The zero-order valence-corrected chi connectivity index (χ0v) is 10.9. The summed E-state index contributed by atoms with van der Waals surface area (Å²) in [6.45, 7) is 3.69. The number of primary amides is 1. The van der Waals surface area contributed by atoms with Crippen LogP contribution in [0.2, 0.25) is 0 Å². The first kappa shape index (κ1) is 12.3. The van der Waals surface area contributed by atoms with Crippen LogP contribution in [0.1, 0.15) is 12.8 Å². The summed E-state index contributed by atoms with van der Waals surface area (Å²) in [6, 6.07) is 7.78. The quantitative estimate of drug-likeness (QED) is 0.774. The summed E-state index contributed by atoms with van der Waals surface area (Å²) in [5.74, 6) is 0.775. The van der Waals surface area contributed by atoms with E-state index in [4.69, 9.17) is 5.73 Å². The molecule has 2 heterocycles. The molecule has 1 aromatic rings. The molecule has 4 N–H and O–H groups in total. The first-order chi connectivity index (χ1) is 9.20. The minimum atomic E-state index is -0.529. The average molecular weight is 260 g/mol. The summed E-state index contributed by atoms with van der Waals surface area (Å²) in [5.41, 5.74) is 6.92. The normalized spacial score (nSPS) is 28.9. The molecule has 0 saturated carbocycles. The van der Waals surface area contributed by atoms with Gasteiger partial charge in [0.05, 0.1) is 0 Å². The van der Waals surface area contributed by atoms with Crippen LogP contribution < -0.4 is 16.4 Å². The van der Waals surface area contributed by atoms with Crippen molar-refractivity contribution < 1.29 is 4.79 Å². The van der Waals surface area contributed by atoms with Crippen LogP contribution >= 0.6 is 0 Å². The number of hydrogen-bond donors (Lipinski definition) is 3. The van der Waals surface area contributed by atoms with Gasteiger partial charge < -0.3 is 21.3 Å². The van der Waals surface area contributed by atoms with Crippen molar-refractivity contribution in [3.05, 3.63) is 24.3 Å². The van der Waals surface area contributed by atoms with E-state index < -0.39 is 6.03 Å². The number of anilines is 2. The molecule has 2 amide bonds. The van der Waals surface area contributed by atoms with Crippen molar-refractivity contribution in [1.29, 1.82) is 0 Å². The van der Waals surface area contributed by atoms with Gasteiger partial charge in [-0.25, -0.2) is 4.79 Å². The summed E-state index contributed by atoms with van der Waals surface area (Å²) in [7, 11) is 0. The fourth-order valence-electron chi connectivity index (χ4n) is 3.15. The predicted octanol–water partition coefficient (Wildman–Crippen LogP) is 1.68. The highest BCUT2D eigenvalue weighted by Crippen LogP contribution is 2.29. The van der Waals surface area contributed by atoms with Crippen molar-refractivity contribution in [2.24, 2.45) is 11.7 Å². The van der Waals surface area contributed by atoms with Crippen molar-refractivity contribution in [2.45, 2.75) is 18.9 Å². The molecule has 102 valence electrons. The number of fused-ring (bicyclic) bond motifs is 2. The number of nitrogens with two attached hydrogens (primary N) is 1. The van der Waals surface area contributed by atoms with Gasteiger partial charge in [-0.15, -0.1) is 0 Å². The van der Waals surface area contributed by atoms with Crippen LogP contribution in [0, 0.1) is 5.92 Å². The van der Waals surface area contributed by atoms with Gasteiger partial charge in [-0.2, -0.15) is 0 Å². The minimum absolute atomic E-state index is 0.529. The third-order valence-corrected chi connectivity index (χ3v) is 4.14. The molecule has 0 aliphatic carbocycles. The van der Waals surface area contributed by atoms with Gasteiger partial charge in [0, 0.05) is 30.5 Å². The number of nitrogens with one attached hydrogen (secondary N) is 2. The Labute approximate surface area is 113 Å². The third-order valence-electron chi connectivity index (χ3n) is 4.14.